The van der Waals surface area contributed by atoms with Gasteiger partial charge in [-0.1, -0.05) is 12.1 Å². The second-order valence-corrected chi connectivity index (χ2v) is 5.86. The Morgan fingerprint density at radius 1 is 1.29 bits per heavy atom. The fourth-order valence-electron chi connectivity index (χ4n) is 3.48. The van der Waals surface area contributed by atoms with Crippen molar-refractivity contribution in [1.82, 2.24) is 20.5 Å². The second kappa shape index (κ2) is 5.04. The number of hydrogen-bond acceptors (Lipinski definition) is 5. The molecule has 2 fully saturated rings. The summed E-state index contributed by atoms with van der Waals surface area (Å²) in [6.45, 7) is 3.13. The molecular weight excluding hydrogens is 266 g/mol. The molecule has 2 aliphatic heterocycles. The van der Waals surface area contributed by atoms with Gasteiger partial charge in [-0.05, 0) is 30.9 Å². The first-order chi connectivity index (χ1) is 10.3. The summed E-state index contributed by atoms with van der Waals surface area (Å²) in [5, 5.41) is 20.4. The molecule has 0 saturated carbocycles. The van der Waals surface area contributed by atoms with E-state index in [9.17, 15) is 5.11 Å². The normalized spacial score (nSPS) is 25.0. The van der Waals surface area contributed by atoms with Gasteiger partial charge in [0.15, 0.2) is 5.82 Å². The van der Waals surface area contributed by atoms with Crippen molar-refractivity contribution in [1.29, 1.82) is 0 Å². The molecule has 1 aromatic heterocycles. The largest absolute Gasteiger partial charge is 0.508 e. The maximum Gasteiger partial charge on any atom is 0.245 e. The van der Waals surface area contributed by atoms with E-state index in [1.165, 1.54) is 12.8 Å². The van der Waals surface area contributed by atoms with Gasteiger partial charge in [-0.25, -0.2) is 0 Å². The molecule has 3 N–H and O–H groups in total. The number of nitrogens with zero attached hydrogens (tertiary/aromatic N) is 3. The zero-order valence-electron chi connectivity index (χ0n) is 11.8. The molecule has 2 aliphatic rings. The molecule has 110 valence electrons. The maximum absolute atomic E-state index is 9.57. The lowest BCUT2D eigenvalue weighted by Gasteiger charge is -2.36. The van der Waals surface area contributed by atoms with Crippen molar-refractivity contribution in [2.24, 2.45) is 5.92 Å². The number of benzene rings is 1. The second-order valence-electron chi connectivity index (χ2n) is 5.86. The Morgan fingerprint density at radius 3 is 3.14 bits per heavy atom. The average molecular weight is 285 g/mol. The van der Waals surface area contributed by atoms with E-state index in [-0.39, 0.29) is 5.75 Å². The maximum atomic E-state index is 9.57. The molecule has 1 aromatic carbocycles. The summed E-state index contributed by atoms with van der Waals surface area (Å²) in [6.07, 6.45) is 2.48. The van der Waals surface area contributed by atoms with Crippen LogP contribution in [0.4, 0.5) is 5.95 Å². The highest BCUT2D eigenvalue weighted by Gasteiger charge is 2.36. The Labute approximate surface area is 123 Å². The van der Waals surface area contributed by atoms with Crippen LogP contribution in [0.2, 0.25) is 0 Å². The number of piperidine rings is 1. The summed E-state index contributed by atoms with van der Waals surface area (Å²) in [5.41, 5.74) is 0.854. The molecule has 2 aromatic rings. The molecule has 6 heteroatoms. The molecule has 2 unspecified atom stereocenters. The summed E-state index contributed by atoms with van der Waals surface area (Å²) < 4.78 is 0. The number of rotatable bonds is 2. The van der Waals surface area contributed by atoms with Gasteiger partial charge in [0.1, 0.15) is 5.75 Å². The Bertz CT molecular complexity index is 640. The van der Waals surface area contributed by atoms with Crippen LogP contribution in [0.1, 0.15) is 12.8 Å². The van der Waals surface area contributed by atoms with Gasteiger partial charge >= 0.3 is 0 Å². The smallest absolute Gasteiger partial charge is 0.245 e. The third-order valence-corrected chi connectivity index (χ3v) is 4.53. The number of anilines is 1. The molecular formula is C15H19N5O. The van der Waals surface area contributed by atoms with Gasteiger partial charge < -0.3 is 15.3 Å². The number of hydrogen-bond donors (Lipinski definition) is 3. The molecule has 0 amide bonds. The van der Waals surface area contributed by atoms with Crippen molar-refractivity contribution in [2.75, 3.05) is 24.5 Å². The molecule has 0 aliphatic carbocycles. The fraction of sp³-hybridized carbons (Fsp3) is 0.467. The molecule has 6 nitrogen and oxygen atoms in total. The lowest BCUT2D eigenvalue weighted by molar-refractivity contribution is 0.381. The van der Waals surface area contributed by atoms with Gasteiger partial charge in [0, 0.05) is 31.2 Å². The number of aromatic amines is 1. The predicted molar refractivity (Wildman–Crippen MR) is 80.2 cm³/mol. The third-order valence-electron chi connectivity index (χ3n) is 4.53. The summed E-state index contributed by atoms with van der Waals surface area (Å²) in [5.74, 6) is 2.42. The van der Waals surface area contributed by atoms with Crippen molar-refractivity contribution in [3.8, 4) is 17.1 Å². The molecule has 0 bridgehead atoms. The van der Waals surface area contributed by atoms with Crippen LogP contribution < -0.4 is 10.2 Å². The number of fused-ring (bicyclic) bond motifs is 1. The third kappa shape index (κ3) is 2.25. The van der Waals surface area contributed by atoms with E-state index >= 15 is 0 Å². The highest BCUT2D eigenvalue weighted by Crippen LogP contribution is 2.30. The van der Waals surface area contributed by atoms with Crippen molar-refractivity contribution in [3.63, 3.8) is 0 Å². The molecule has 4 rings (SSSR count). The highest BCUT2D eigenvalue weighted by atomic mass is 16.3. The summed E-state index contributed by atoms with van der Waals surface area (Å²) >= 11 is 0. The highest BCUT2D eigenvalue weighted by molar-refractivity contribution is 5.58. The first kappa shape index (κ1) is 12.6. The fourth-order valence-corrected chi connectivity index (χ4v) is 3.48. The van der Waals surface area contributed by atoms with E-state index in [1.54, 1.807) is 12.1 Å². The Hall–Kier alpha value is -2.08. The van der Waals surface area contributed by atoms with Gasteiger partial charge in [-0.15, -0.1) is 5.10 Å². The van der Waals surface area contributed by atoms with Crippen molar-refractivity contribution in [2.45, 2.75) is 18.9 Å². The van der Waals surface area contributed by atoms with Gasteiger partial charge in [0.2, 0.25) is 5.95 Å². The van der Waals surface area contributed by atoms with Crippen LogP contribution in [-0.4, -0.2) is 46.0 Å². The van der Waals surface area contributed by atoms with E-state index in [1.807, 2.05) is 12.1 Å². The minimum absolute atomic E-state index is 0.239. The van der Waals surface area contributed by atoms with E-state index in [0.29, 0.717) is 17.8 Å². The van der Waals surface area contributed by atoms with Gasteiger partial charge in [-0.2, -0.15) is 4.98 Å². The van der Waals surface area contributed by atoms with E-state index < -0.39 is 0 Å². The van der Waals surface area contributed by atoms with Gasteiger partial charge in [0.25, 0.3) is 0 Å². The summed E-state index contributed by atoms with van der Waals surface area (Å²) in [6, 6.07) is 7.58. The number of phenolic OH excluding ortho intramolecular Hbond substituents is 1. The Morgan fingerprint density at radius 2 is 2.24 bits per heavy atom. The number of aromatic hydroxyl groups is 1. The minimum Gasteiger partial charge on any atom is -0.508 e. The van der Waals surface area contributed by atoms with Crippen LogP contribution in [0, 0.1) is 5.92 Å². The topological polar surface area (TPSA) is 77.1 Å². The number of phenols is 1. The van der Waals surface area contributed by atoms with Crippen LogP contribution in [0.3, 0.4) is 0 Å². The van der Waals surface area contributed by atoms with Crippen LogP contribution in [0.5, 0.6) is 5.75 Å². The van der Waals surface area contributed by atoms with Gasteiger partial charge in [0.05, 0.1) is 0 Å². The lowest BCUT2D eigenvalue weighted by Crippen LogP contribution is -2.45. The first-order valence-electron chi connectivity index (χ1n) is 7.50. The molecule has 0 spiro atoms. The molecule has 21 heavy (non-hydrogen) atoms. The number of H-pyrrole nitrogens is 1. The van der Waals surface area contributed by atoms with Crippen LogP contribution in [0.15, 0.2) is 24.3 Å². The van der Waals surface area contributed by atoms with Crippen molar-refractivity contribution >= 4 is 5.95 Å². The summed E-state index contributed by atoms with van der Waals surface area (Å²) in [4.78, 5) is 6.94. The Kier molecular flexibility index (Phi) is 3.03. The Balaban J connectivity index is 1.62. The van der Waals surface area contributed by atoms with E-state index in [4.69, 9.17) is 0 Å². The van der Waals surface area contributed by atoms with E-state index in [0.717, 1.165) is 31.1 Å². The lowest BCUT2D eigenvalue weighted by atomic mass is 9.92. The predicted octanol–water partition coefficient (Wildman–Crippen LogP) is 1.37. The summed E-state index contributed by atoms with van der Waals surface area (Å²) in [7, 11) is 0. The minimum atomic E-state index is 0.239. The standard InChI is InChI=1S/C15H19N5O/c21-12-5-1-3-10(7-12)14-17-15(19-18-14)20-6-2-4-11-8-16-9-13(11)20/h1,3,5,7,11,13,16,21H,2,4,6,8-9H2,(H,17,18,19). The van der Waals surface area contributed by atoms with Crippen LogP contribution >= 0.6 is 0 Å². The monoisotopic (exact) mass is 285 g/mol. The van der Waals surface area contributed by atoms with Gasteiger partial charge in [-0.3, -0.25) is 5.10 Å². The molecule has 2 saturated heterocycles. The zero-order chi connectivity index (χ0) is 14.2. The number of nitrogens with one attached hydrogen (secondary N) is 2. The molecule has 3 heterocycles. The van der Waals surface area contributed by atoms with Crippen molar-refractivity contribution in [3.05, 3.63) is 24.3 Å². The quantitative estimate of drug-likeness (QED) is 0.777. The first-order valence-corrected chi connectivity index (χ1v) is 7.50. The SMILES string of the molecule is Oc1cccc(-c2nc(N3CCCC4CNCC43)n[nH]2)c1. The van der Waals surface area contributed by atoms with Crippen LogP contribution in [-0.2, 0) is 0 Å². The number of aromatic nitrogens is 3. The van der Waals surface area contributed by atoms with E-state index in [2.05, 4.69) is 25.4 Å². The van der Waals surface area contributed by atoms with Crippen LogP contribution in [0.25, 0.3) is 11.4 Å². The zero-order valence-corrected chi connectivity index (χ0v) is 11.8. The molecule has 2 atom stereocenters. The van der Waals surface area contributed by atoms with Crippen molar-refractivity contribution < 1.29 is 5.11 Å². The average Bonchev–Trinajstić information content (AvgIpc) is 3.16. The molecule has 0 radical (unpaired) electrons.